The number of carboxylic acids is 2. The van der Waals surface area contributed by atoms with E-state index in [1.165, 1.54) is 38.5 Å². The summed E-state index contributed by atoms with van der Waals surface area (Å²) < 4.78 is 0. The fraction of sp³-hybridized carbons (Fsp3) is 0.800. The summed E-state index contributed by atoms with van der Waals surface area (Å²) in [5.74, 6) is -2.15. The van der Waals surface area contributed by atoms with Gasteiger partial charge in [-0.05, 0) is 0 Å². The minimum absolute atomic E-state index is 0.296. The lowest BCUT2D eigenvalue weighted by atomic mass is 10.0. The van der Waals surface area contributed by atoms with Crippen LogP contribution in [0.1, 0.15) is 51.4 Å². The zero-order chi connectivity index (χ0) is 10.8. The summed E-state index contributed by atoms with van der Waals surface area (Å²) >= 11 is 0. The van der Waals surface area contributed by atoms with E-state index in [0.717, 1.165) is 0 Å². The molecule has 4 heteroatoms. The molecule has 1 aliphatic carbocycles. The molecule has 2 N–H and O–H groups in total. The standard InChI is InChI=1S/C6H12.C4H6O4/c1-2-4-6-5-3-1;5-3(6)1-2-4(7)8/h1-6H2;1-2H2,(H,5,6)(H,7,8). The lowest BCUT2D eigenvalue weighted by molar-refractivity contribution is -0.143. The van der Waals surface area contributed by atoms with E-state index in [-0.39, 0.29) is 12.8 Å². The Kier molecular flexibility index (Phi) is 7.89. The minimum atomic E-state index is -1.08. The summed E-state index contributed by atoms with van der Waals surface area (Å²) in [5.41, 5.74) is 0. The predicted octanol–water partition coefficient (Wildman–Crippen LogP) is 2.28. The van der Waals surface area contributed by atoms with Gasteiger partial charge in [0.2, 0.25) is 0 Å². The Morgan fingerprint density at radius 3 is 1.07 bits per heavy atom. The molecule has 0 aromatic heterocycles. The molecule has 4 nitrogen and oxygen atoms in total. The summed E-state index contributed by atoms with van der Waals surface area (Å²) in [6, 6.07) is 0. The fourth-order valence-corrected chi connectivity index (χ4v) is 1.27. The summed E-state index contributed by atoms with van der Waals surface area (Å²) in [6.45, 7) is 0. The Morgan fingerprint density at radius 2 is 0.929 bits per heavy atom. The zero-order valence-electron chi connectivity index (χ0n) is 8.37. The molecule has 0 radical (unpaired) electrons. The van der Waals surface area contributed by atoms with Crippen LogP contribution in [0.5, 0.6) is 0 Å². The lowest BCUT2D eigenvalue weighted by Crippen LogP contribution is -2.00. The quantitative estimate of drug-likeness (QED) is 0.736. The summed E-state index contributed by atoms with van der Waals surface area (Å²) in [4.78, 5) is 19.3. The second kappa shape index (κ2) is 8.53. The van der Waals surface area contributed by atoms with Gasteiger partial charge >= 0.3 is 11.9 Å². The van der Waals surface area contributed by atoms with Gasteiger partial charge in [-0.1, -0.05) is 38.5 Å². The molecule has 0 spiro atoms. The van der Waals surface area contributed by atoms with Crippen LogP contribution < -0.4 is 0 Å². The van der Waals surface area contributed by atoms with Crippen molar-refractivity contribution in [2.75, 3.05) is 0 Å². The number of carboxylic acid groups (broad SMARTS) is 2. The normalized spacial score (nSPS) is 15.1. The van der Waals surface area contributed by atoms with Gasteiger partial charge in [0, 0.05) is 0 Å². The van der Waals surface area contributed by atoms with Crippen molar-refractivity contribution in [2.24, 2.45) is 0 Å². The second-order valence-corrected chi connectivity index (χ2v) is 3.41. The fourth-order valence-electron chi connectivity index (χ4n) is 1.27. The first-order chi connectivity index (χ1) is 6.63. The molecule has 1 fully saturated rings. The molecule has 0 atom stereocenters. The molecular weight excluding hydrogens is 184 g/mol. The lowest BCUT2D eigenvalue weighted by Gasteiger charge is -2.05. The van der Waals surface area contributed by atoms with Crippen LogP contribution in [-0.2, 0) is 9.59 Å². The van der Waals surface area contributed by atoms with E-state index in [1.54, 1.807) is 0 Å². The Hall–Kier alpha value is -1.06. The highest BCUT2D eigenvalue weighted by molar-refractivity contribution is 5.75. The summed E-state index contributed by atoms with van der Waals surface area (Å²) in [6.07, 6.45) is 8.41. The van der Waals surface area contributed by atoms with Crippen molar-refractivity contribution in [3.63, 3.8) is 0 Å². The van der Waals surface area contributed by atoms with E-state index in [9.17, 15) is 9.59 Å². The average Bonchev–Trinajstić information content (AvgIpc) is 2.18. The van der Waals surface area contributed by atoms with E-state index < -0.39 is 11.9 Å². The third-order valence-corrected chi connectivity index (χ3v) is 2.05. The maximum atomic E-state index is 9.64. The number of hydrogen-bond acceptors (Lipinski definition) is 2. The molecule has 0 aromatic rings. The van der Waals surface area contributed by atoms with E-state index in [0.29, 0.717) is 0 Å². The molecule has 0 amide bonds. The molecule has 1 saturated carbocycles. The zero-order valence-corrected chi connectivity index (χ0v) is 8.37. The molecular formula is C10H18O4. The van der Waals surface area contributed by atoms with Crippen LogP contribution >= 0.6 is 0 Å². The number of carbonyl (C=O) groups is 2. The third-order valence-electron chi connectivity index (χ3n) is 2.05. The molecule has 1 aliphatic rings. The molecule has 0 saturated heterocycles. The van der Waals surface area contributed by atoms with Gasteiger partial charge in [-0.2, -0.15) is 0 Å². The van der Waals surface area contributed by atoms with Crippen LogP contribution in [0.2, 0.25) is 0 Å². The summed E-state index contributed by atoms with van der Waals surface area (Å²) in [7, 11) is 0. The highest BCUT2D eigenvalue weighted by atomic mass is 16.4. The van der Waals surface area contributed by atoms with Gasteiger partial charge in [0.1, 0.15) is 0 Å². The van der Waals surface area contributed by atoms with Gasteiger partial charge in [0.05, 0.1) is 12.8 Å². The number of aliphatic carboxylic acids is 2. The van der Waals surface area contributed by atoms with Gasteiger partial charge in [0.25, 0.3) is 0 Å². The van der Waals surface area contributed by atoms with Gasteiger partial charge in [0.15, 0.2) is 0 Å². The second-order valence-electron chi connectivity index (χ2n) is 3.41. The van der Waals surface area contributed by atoms with Gasteiger partial charge < -0.3 is 10.2 Å². The van der Waals surface area contributed by atoms with Crippen LogP contribution in [0.3, 0.4) is 0 Å². The smallest absolute Gasteiger partial charge is 0.303 e. The largest absolute Gasteiger partial charge is 0.481 e. The van der Waals surface area contributed by atoms with Crippen molar-refractivity contribution in [2.45, 2.75) is 51.4 Å². The Morgan fingerprint density at radius 1 is 0.714 bits per heavy atom. The first-order valence-electron chi connectivity index (χ1n) is 5.06. The van der Waals surface area contributed by atoms with Crippen molar-refractivity contribution >= 4 is 11.9 Å². The Labute approximate surface area is 83.9 Å². The highest BCUT2D eigenvalue weighted by Crippen LogP contribution is 2.15. The topological polar surface area (TPSA) is 74.6 Å². The van der Waals surface area contributed by atoms with Crippen LogP contribution in [0.25, 0.3) is 0 Å². The van der Waals surface area contributed by atoms with Crippen molar-refractivity contribution in [3.05, 3.63) is 0 Å². The van der Waals surface area contributed by atoms with E-state index >= 15 is 0 Å². The van der Waals surface area contributed by atoms with E-state index in [1.807, 2.05) is 0 Å². The molecule has 14 heavy (non-hydrogen) atoms. The van der Waals surface area contributed by atoms with Crippen molar-refractivity contribution in [1.82, 2.24) is 0 Å². The van der Waals surface area contributed by atoms with Crippen LogP contribution in [0.15, 0.2) is 0 Å². The molecule has 82 valence electrons. The monoisotopic (exact) mass is 202 g/mol. The average molecular weight is 202 g/mol. The van der Waals surface area contributed by atoms with Gasteiger partial charge in [-0.3, -0.25) is 9.59 Å². The molecule has 0 bridgehead atoms. The first kappa shape index (κ1) is 12.9. The van der Waals surface area contributed by atoms with Crippen LogP contribution in [-0.4, -0.2) is 22.2 Å². The molecule has 0 aliphatic heterocycles. The van der Waals surface area contributed by atoms with Crippen LogP contribution in [0.4, 0.5) is 0 Å². The van der Waals surface area contributed by atoms with Crippen LogP contribution in [0, 0.1) is 0 Å². The summed E-state index contributed by atoms with van der Waals surface area (Å²) in [5, 5.41) is 15.8. The van der Waals surface area contributed by atoms with E-state index in [2.05, 4.69) is 0 Å². The van der Waals surface area contributed by atoms with Crippen molar-refractivity contribution in [1.29, 1.82) is 0 Å². The maximum Gasteiger partial charge on any atom is 0.303 e. The Bertz CT molecular complexity index is 147. The first-order valence-corrected chi connectivity index (χ1v) is 5.06. The van der Waals surface area contributed by atoms with Crippen molar-refractivity contribution < 1.29 is 19.8 Å². The third kappa shape index (κ3) is 10.9. The predicted molar refractivity (Wildman–Crippen MR) is 52.2 cm³/mol. The van der Waals surface area contributed by atoms with Crippen molar-refractivity contribution in [3.8, 4) is 0 Å². The molecule has 0 unspecified atom stereocenters. The minimum Gasteiger partial charge on any atom is -0.481 e. The SMILES string of the molecule is C1CCCCC1.O=C(O)CCC(=O)O. The molecule has 0 heterocycles. The number of rotatable bonds is 3. The molecule has 1 rings (SSSR count). The number of hydrogen-bond donors (Lipinski definition) is 2. The highest BCUT2D eigenvalue weighted by Gasteiger charge is 2.00. The molecule has 0 aromatic carbocycles. The van der Waals surface area contributed by atoms with Gasteiger partial charge in [-0.25, -0.2) is 0 Å². The van der Waals surface area contributed by atoms with Gasteiger partial charge in [-0.15, -0.1) is 0 Å². The maximum absolute atomic E-state index is 9.64. The Balaban J connectivity index is 0.000000249. The van der Waals surface area contributed by atoms with E-state index in [4.69, 9.17) is 10.2 Å².